The smallest absolute Gasteiger partial charge is 0.157 e. The summed E-state index contributed by atoms with van der Waals surface area (Å²) in [5, 5.41) is 0. The number of pyridine rings is 1. The van der Waals surface area contributed by atoms with Gasteiger partial charge in [0.15, 0.2) is 5.82 Å². The molecule has 0 spiro atoms. The van der Waals surface area contributed by atoms with E-state index in [-0.39, 0.29) is 0 Å². The fraction of sp³-hybridized carbons (Fsp3) is 0.240. The summed E-state index contributed by atoms with van der Waals surface area (Å²) in [5.74, 6) is 2.85. The van der Waals surface area contributed by atoms with Crippen molar-refractivity contribution in [2.24, 2.45) is 5.92 Å². The summed E-state index contributed by atoms with van der Waals surface area (Å²) in [6.45, 7) is 4.58. The molecule has 1 saturated heterocycles. The van der Waals surface area contributed by atoms with Crippen molar-refractivity contribution in [3.8, 4) is 22.9 Å². The Kier molecular flexibility index (Phi) is 4.35. The van der Waals surface area contributed by atoms with Crippen molar-refractivity contribution in [3.05, 3.63) is 54.6 Å². The lowest BCUT2D eigenvalue weighted by Gasteiger charge is -2.32. The predicted molar refractivity (Wildman–Crippen MR) is 129 cm³/mol. The maximum Gasteiger partial charge on any atom is 0.157 e. The highest BCUT2D eigenvalue weighted by molar-refractivity contribution is 5.86. The molecule has 4 heterocycles. The largest absolute Gasteiger partial charge is 0.384 e. The van der Waals surface area contributed by atoms with Crippen LogP contribution in [-0.2, 0) is 0 Å². The lowest BCUT2D eigenvalue weighted by molar-refractivity contribution is 0.438. The third kappa shape index (κ3) is 3.36. The highest BCUT2D eigenvalue weighted by atomic mass is 15.1. The number of benzene rings is 2. The number of hydrogen-bond donors (Lipinski definition) is 3. The van der Waals surface area contributed by atoms with Gasteiger partial charge in [0.2, 0.25) is 0 Å². The highest BCUT2D eigenvalue weighted by Gasteiger charge is 2.17. The molecule has 0 radical (unpaired) electrons. The molecule has 7 heteroatoms. The van der Waals surface area contributed by atoms with Gasteiger partial charge in [-0.1, -0.05) is 13.0 Å². The van der Waals surface area contributed by atoms with Gasteiger partial charge in [0.25, 0.3) is 0 Å². The summed E-state index contributed by atoms with van der Waals surface area (Å²) in [5.41, 5.74) is 12.7. The second-order valence-corrected chi connectivity index (χ2v) is 8.72. The number of piperidine rings is 1. The van der Waals surface area contributed by atoms with Crippen LogP contribution in [0.15, 0.2) is 54.6 Å². The normalized spacial score (nSPS) is 15.1. The van der Waals surface area contributed by atoms with E-state index in [0.29, 0.717) is 11.6 Å². The molecule has 0 amide bonds. The Labute approximate surface area is 185 Å². The van der Waals surface area contributed by atoms with Crippen LogP contribution in [0.5, 0.6) is 0 Å². The minimum Gasteiger partial charge on any atom is -0.384 e. The Morgan fingerprint density at radius 1 is 0.844 bits per heavy atom. The standard InChI is InChI=1S/C25H25N7/c1-15-9-11-32(12-10-15)17-6-8-19-22(14-17)30-24(28-19)16-5-7-18-21(13-16)31-25(29-18)20-3-2-4-23(26)27-20/h2-8,13-15H,9-12H2,1H3,(H2,26,27)(H,28,30)(H,29,31). The van der Waals surface area contributed by atoms with Crippen LogP contribution in [0.3, 0.4) is 0 Å². The molecule has 0 saturated carbocycles. The maximum absolute atomic E-state index is 5.82. The van der Waals surface area contributed by atoms with Gasteiger partial charge in [-0.3, -0.25) is 0 Å². The van der Waals surface area contributed by atoms with Gasteiger partial charge >= 0.3 is 0 Å². The summed E-state index contributed by atoms with van der Waals surface area (Å²) in [4.78, 5) is 23.2. The number of nitrogen functional groups attached to an aromatic ring is 1. The maximum atomic E-state index is 5.82. The first-order valence-corrected chi connectivity index (χ1v) is 11.1. The third-order valence-electron chi connectivity index (χ3n) is 6.38. The molecule has 0 aliphatic carbocycles. The quantitative estimate of drug-likeness (QED) is 0.380. The minimum atomic E-state index is 0.476. The van der Waals surface area contributed by atoms with Crippen LogP contribution in [0.4, 0.5) is 11.5 Å². The Balaban J connectivity index is 1.33. The fourth-order valence-electron chi connectivity index (χ4n) is 4.46. The molecule has 1 fully saturated rings. The Morgan fingerprint density at radius 3 is 2.38 bits per heavy atom. The number of hydrogen-bond acceptors (Lipinski definition) is 5. The van der Waals surface area contributed by atoms with Crippen LogP contribution in [0.25, 0.3) is 45.0 Å². The zero-order valence-corrected chi connectivity index (χ0v) is 18.0. The van der Waals surface area contributed by atoms with Gasteiger partial charge in [0.1, 0.15) is 17.3 Å². The molecule has 4 N–H and O–H groups in total. The molecule has 32 heavy (non-hydrogen) atoms. The number of nitrogens with zero attached hydrogens (tertiary/aromatic N) is 4. The SMILES string of the molecule is CC1CCN(c2ccc3nc(-c4ccc5nc(-c6cccc(N)n6)[nH]c5c4)[nH]c3c2)CC1. The van der Waals surface area contributed by atoms with Gasteiger partial charge in [-0.2, -0.15) is 0 Å². The van der Waals surface area contributed by atoms with E-state index in [9.17, 15) is 0 Å². The number of nitrogens with one attached hydrogen (secondary N) is 2. The predicted octanol–water partition coefficient (Wildman–Crippen LogP) is 4.99. The van der Waals surface area contributed by atoms with E-state index >= 15 is 0 Å². The van der Waals surface area contributed by atoms with Crippen LogP contribution in [-0.4, -0.2) is 38.0 Å². The summed E-state index contributed by atoms with van der Waals surface area (Å²) >= 11 is 0. The van der Waals surface area contributed by atoms with E-state index < -0.39 is 0 Å². The number of nitrogens with two attached hydrogens (primary N) is 1. The van der Waals surface area contributed by atoms with Gasteiger partial charge in [0.05, 0.1) is 22.1 Å². The first kappa shape index (κ1) is 18.9. The van der Waals surface area contributed by atoms with Crippen LogP contribution in [0.1, 0.15) is 19.8 Å². The van der Waals surface area contributed by atoms with Gasteiger partial charge in [0, 0.05) is 24.3 Å². The van der Waals surface area contributed by atoms with E-state index in [0.717, 1.165) is 58.2 Å². The van der Waals surface area contributed by atoms with Crippen LogP contribution >= 0.6 is 0 Å². The van der Waals surface area contributed by atoms with Crippen molar-refractivity contribution in [1.82, 2.24) is 24.9 Å². The van der Waals surface area contributed by atoms with Crippen LogP contribution < -0.4 is 10.6 Å². The topological polar surface area (TPSA) is 99.5 Å². The molecule has 5 aromatic rings. The number of anilines is 2. The van der Waals surface area contributed by atoms with Crippen molar-refractivity contribution < 1.29 is 0 Å². The van der Waals surface area contributed by atoms with Gasteiger partial charge < -0.3 is 20.6 Å². The lowest BCUT2D eigenvalue weighted by atomic mass is 9.99. The van der Waals surface area contributed by atoms with Crippen molar-refractivity contribution in [2.75, 3.05) is 23.7 Å². The zero-order valence-electron chi connectivity index (χ0n) is 18.0. The average Bonchev–Trinajstić information content (AvgIpc) is 3.43. The minimum absolute atomic E-state index is 0.476. The molecule has 160 valence electrons. The van der Waals surface area contributed by atoms with Crippen molar-refractivity contribution >= 4 is 33.6 Å². The highest BCUT2D eigenvalue weighted by Crippen LogP contribution is 2.29. The molecule has 3 aromatic heterocycles. The zero-order chi connectivity index (χ0) is 21.7. The molecule has 2 aromatic carbocycles. The van der Waals surface area contributed by atoms with Crippen LogP contribution in [0.2, 0.25) is 0 Å². The summed E-state index contributed by atoms with van der Waals surface area (Å²) in [7, 11) is 0. The number of aromatic nitrogens is 5. The number of imidazole rings is 2. The molecule has 1 aliphatic heterocycles. The Morgan fingerprint density at radius 2 is 1.56 bits per heavy atom. The Bertz CT molecular complexity index is 1420. The monoisotopic (exact) mass is 423 g/mol. The first-order chi connectivity index (χ1) is 15.6. The molecule has 1 aliphatic rings. The van der Waals surface area contributed by atoms with Gasteiger partial charge in [-0.15, -0.1) is 0 Å². The molecule has 0 atom stereocenters. The third-order valence-corrected chi connectivity index (χ3v) is 6.38. The van der Waals surface area contributed by atoms with E-state index in [1.807, 2.05) is 24.3 Å². The van der Waals surface area contributed by atoms with Crippen molar-refractivity contribution in [1.29, 1.82) is 0 Å². The van der Waals surface area contributed by atoms with Crippen molar-refractivity contribution in [3.63, 3.8) is 0 Å². The number of H-pyrrole nitrogens is 2. The molecule has 0 unspecified atom stereocenters. The van der Waals surface area contributed by atoms with Gasteiger partial charge in [-0.25, -0.2) is 15.0 Å². The van der Waals surface area contributed by atoms with Crippen LogP contribution in [0, 0.1) is 5.92 Å². The van der Waals surface area contributed by atoms with E-state index in [1.165, 1.54) is 18.5 Å². The second kappa shape index (κ2) is 7.37. The number of aromatic amines is 2. The Hall–Kier alpha value is -3.87. The fourth-order valence-corrected chi connectivity index (χ4v) is 4.46. The molecule has 0 bridgehead atoms. The summed E-state index contributed by atoms with van der Waals surface area (Å²) in [6, 6.07) is 18.2. The van der Waals surface area contributed by atoms with Crippen molar-refractivity contribution in [2.45, 2.75) is 19.8 Å². The van der Waals surface area contributed by atoms with E-state index in [2.05, 4.69) is 56.0 Å². The molecular formula is C25H25N7. The molecule has 7 nitrogen and oxygen atoms in total. The number of rotatable bonds is 3. The molecule has 6 rings (SSSR count). The molecular weight excluding hydrogens is 398 g/mol. The van der Waals surface area contributed by atoms with E-state index in [1.54, 1.807) is 6.07 Å². The van der Waals surface area contributed by atoms with Gasteiger partial charge in [-0.05, 0) is 67.3 Å². The second-order valence-electron chi connectivity index (χ2n) is 8.72. The lowest BCUT2D eigenvalue weighted by Crippen LogP contribution is -2.32. The average molecular weight is 424 g/mol. The summed E-state index contributed by atoms with van der Waals surface area (Å²) in [6.07, 6.45) is 2.51. The number of fused-ring (bicyclic) bond motifs is 2. The van der Waals surface area contributed by atoms with E-state index in [4.69, 9.17) is 10.7 Å². The first-order valence-electron chi connectivity index (χ1n) is 11.1. The summed E-state index contributed by atoms with van der Waals surface area (Å²) < 4.78 is 0.